The summed E-state index contributed by atoms with van der Waals surface area (Å²) in [5.74, 6) is 1.39. The molecular formula is C17H28NO2+. The van der Waals surface area contributed by atoms with Crippen molar-refractivity contribution in [2.45, 2.75) is 45.1 Å². The molecular weight excluding hydrogens is 250 g/mol. The monoisotopic (exact) mass is 278 g/mol. The summed E-state index contributed by atoms with van der Waals surface area (Å²) in [7, 11) is 0. The second-order valence-corrected chi connectivity index (χ2v) is 6.20. The molecule has 0 radical (unpaired) electrons. The standard InChI is InChI=1S/C17H27NO2/c1-14(2)15-6-8-17(9-7-15)20-13-16(19)12-18-10-4-3-5-11-18/h6-9,14,16,19H,3-5,10-13H2,1-2H3/p+1/t16-/m1/s1. The number of piperidine rings is 1. The van der Waals surface area contributed by atoms with Gasteiger partial charge in [-0.15, -0.1) is 0 Å². The van der Waals surface area contributed by atoms with Crippen molar-refractivity contribution < 1.29 is 14.7 Å². The first-order valence-corrected chi connectivity index (χ1v) is 7.89. The van der Waals surface area contributed by atoms with Gasteiger partial charge in [-0.05, 0) is 42.9 Å². The SMILES string of the molecule is CC(C)c1ccc(OC[C@H](O)C[NH+]2CCCCC2)cc1. The molecule has 0 amide bonds. The van der Waals surface area contributed by atoms with E-state index in [0.29, 0.717) is 12.5 Å². The van der Waals surface area contributed by atoms with Gasteiger partial charge in [0.1, 0.15) is 25.0 Å². The molecule has 1 heterocycles. The molecule has 1 atom stereocenters. The molecule has 0 unspecified atom stereocenters. The lowest BCUT2D eigenvalue weighted by molar-refractivity contribution is -0.908. The third kappa shape index (κ3) is 4.80. The molecule has 0 aromatic heterocycles. The van der Waals surface area contributed by atoms with Crippen LogP contribution >= 0.6 is 0 Å². The van der Waals surface area contributed by atoms with E-state index in [1.807, 2.05) is 12.1 Å². The van der Waals surface area contributed by atoms with Crippen LogP contribution in [0.4, 0.5) is 0 Å². The van der Waals surface area contributed by atoms with E-state index >= 15 is 0 Å². The van der Waals surface area contributed by atoms with E-state index in [0.717, 1.165) is 12.3 Å². The van der Waals surface area contributed by atoms with Gasteiger partial charge in [-0.25, -0.2) is 0 Å². The van der Waals surface area contributed by atoms with Crippen molar-refractivity contribution in [2.24, 2.45) is 0 Å². The van der Waals surface area contributed by atoms with E-state index < -0.39 is 0 Å². The number of quaternary nitrogens is 1. The fourth-order valence-corrected chi connectivity index (χ4v) is 2.79. The molecule has 2 rings (SSSR count). The zero-order valence-corrected chi connectivity index (χ0v) is 12.8. The Hall–Kier alpha value is -1.06. The molecule has 1 aliphatic heterocycles. The third-order valence-corrected chi connectivity index (χ3v) is 4.07. The van der Waals surface area contributed by atoms with Gasteiger partial charge in [-0.1, -0.05) is 26.0 Å². The molecule has 1 fully saturated rings. The minimum atomic E-state index is -0.368. The number of aliphatic hydroxyl groups is 1. The van der Waals surface area contributed by atoms with Crippen molar-refractivity contribution >= 4 is 0 Å². The fourth-order valence-electron chi connectivity index (χ4n) is 2.79. The lowest BCUT2D eigenvalue weighted by Gasteiger charge is -2.25. The maximum absolute atomic E-state index is 10.1. The highest BCUT2D eigenvalue weighted by atomic mass is 16.5. The quantitative estimate of drug-likeness (QED) is 0.829. The molecule has 1 aliphatic rings. The van der Waals surface area contributed by atoms with Crippen LogP contribution in [-0.4, -0.2) is 37.5 Å². The van der Waals surface area contributed by atoms with Crippen molar-refractivity contribution in [2.75, 3.05) is 26.2 Å². The first-order chi connectivity index (χ1) is 9.65. The average molecular weight is 278 g/mol. The molecule has 1 aromatic carbocycles. The van der Waals surface area contributed by atoms with Gasteiger partial charge in [-0.3, -0.25) is 0 Å². The molecule has 3 heteroatoms. The van der Waals surface area contributed by atoms with Gasteiger partial charge in [0.05, 0.1) is 13.1 Å². The summed E-state index contributed by atoms with van der Waals surface area (Å²) in [6.45, 7) is 7.96. The van der Waals surface area contributed by atoms with Gasteiger partial charge in [0.15, 0.2) is 0 Å². The smallest absolute Gasteiger partial charge is 0.137 e. The van der Waals surface area contributed by atoms with Crippen LogP contribution in [0.5, 0.6) is 5.75 Å². The Bertz CT molecular complexity index is 382. The fraction of sp³-hybridized carbons (Fsp3) is 0.647. The summed E-state index contributed by atoms with van der Waals surface area (Å²) in [5, 5.41) is 10.1. The van der Waals surface area contributed by atoms with Crippen molar-refractivity contribution in [3.05, 3.63) is 29.8 Å². The van der Waals surface area contributed by atoms with Crippen molar-refractivity contribution in [1.29, 1.82) is 0 Å². The summed E-state index contributed by atoms with van der Waals surface area (Å²) in [5.41, 5.74) is 1.32. The Morgan fingerprint density at radius 1 is 1.10 bits per heavy atom. The summed E-state index contributed by atoms with van der Waals surface area (Å²) in [6, 6.07) is 8.19. The van der Waals surface area contributed by atoms with E-state index in [4.69, 9.17) is 4.74 Å². The van der Waals surface area contributed by atoms with Gasteiger partial charge >= 0.3 is 0 Å². The van der Waals surface area contributed by atoms with Crippen molar-refractivity contribution in [3.63, 3.8) is 0 Å². The number of ether oxygens (including phenoxy) is 1. The van der Waals surface area contributed by atoms with Crippen LogP contribution in [0.1, 0.15) is 44.6 Å². The molecule has 20 heavy (non-hydrogen) atoms. The highest BCUT2D eigenvalue weighted by Crippen LogP contribution is 2.18. The Balaban J connectivity index is 1.73. The predicted octanol–water partition coefficient (Wildman–Crippen LogP) is 1.62. The summed E-state index contributed by atoms with van der Waals surface area (Å²) >= 11 is 0. The Labute approximate surface area is 122 Å². The number of benzene rings is 1. The van der Waals surface area contributed by atoms with Crippen LogP contribution in [0.3, 0.4) is 0 Å². The molecule has 1 saturated heterocycles. The molecule has 0 aliphatic carbocycles. The number of likely N-dealkylation sites (tertiary alicyclic amines) is 1. The van der Waals surface area contributed by atoms with Gasteiger partial charge in [0.25, 0.3) is 0 Å². The number of rotatable bonds is 6. The van der Waals surface area contributed by atoms with Gasteiger partial charge in [0.2, 0.25) is 0 Å². The topological polar surface area (TPSA) is 33.9 Å². The van der Waals surface area contributed by atoms with Crippen molar-refractivity contribution in [1.82, 2.24) is 0 Å². The van der Waals surface area contributed by atoms with Gasteiger partial charge in [0, 0.05) is 0 Å². The number of hydrogen-bond acceptors (Lipinski definition) is 2. The van der Waals surface area contributed by atoms with Crippen molar-refractivity contribution in [3.8, 4) is 5.75 Å². The molecule has 112 valence electrons. The van der Waals surface area contributed by atoms with E-state index in [1.165, 1.54) is 42.8 Å². The van der Waals surface area contributed by atoms with E-state index in [9.17, 15) is 5.11 Å². The van der Waals surface area contributed by atoms with Crippen LogP contribution in [0, 0.1) is 0 Å². The predicted molar refractivity (Wildman–Crippen MR) is 81.4 cm³/mol. The number of aliphatic hydroxyl groups excluding tert-OH is 1. The Morgan fingerprint density at radius 2 is 1.75 bits per heavy atom. The highest BCUT2D eigenvalue weighted by Gasteiger charge is 2.18. The molecule has 2 N–H and O–H groups in total. The van der Waals surface area contributed by atoms with Crippen LogP contribution < -0.4 is 9.64 Å². The Kier molecular flexibility index (Phi) is 5.86. The van der Waals surface area contributed by atoms with Crippen LogP contribution in [0.25, 0.3) is 0 Å². The van der Waals surface area contributed by atoms with Crippen LogP contribution in [0.15, 0.2) is 24.3 Å². The first-order valence-electron chi connectivity index (χ1n) is 7.89. The van der Waals surface area contributed by atoms with Gasteiger partial charge < -0.3 is 14.7 Å². The zero-order valence-electron chi connectivity index (χ0n) is 12.8. The van der Waals surface area contributed by atoms with Crippen LogP contribution in [-0.2, 0) is 0 Å². The van der Waals surface area contributed by atoms with Gasteiger partial charge in [-0.2, -0.15) is 0 Å². The molecule has 1 aromatic rings. The minimum Gasteiger partial charge on any atom is -0.491 e. The van der Waals surface area contributed by atoms with E-state index in [-0.39, 0.29) is 6.10 Å². The number of nitrogens with one attached hydrogen (secondary N) is 1. The summed E-state index contributed by atoms with van der Waals surface area (Å²) in [4.78, 5) is 1.52. The summed E-state index contributed by atoms with van der Waals surface area (Å²) < 4.78 is 5.68. The first kappa shape index (κ1) is 15.3. The molecule has 0 bridgehead atoms. The van der Waals surface area contributed by atoms with E-state index in [2.05, 4.69) is 26.0 Å². The summed E-state index contributed by atoms with van der Waals surface area (Å²) in [6.07, 6.45) is 3.56. The molecule has 0 saturated carbocycles. The lowest BCUT2D eigenvalue weighted by Crippen LogP contribution is -3.14. The maximum Gasteiger partial charge on any atom is 0.137 e. The van der Waals surface area contributed by atoms with Crippen LogP contribution in [0.2, 0.25) is 0 Å². The largest absolute Gasteiger partial charge is 0.491 e. The minimum absolute atomic E-state index is 0.368. The highest BCUT2D eigenvalue weighted by molar-refractivity contribution is 5.28. The maximum atomic E-state index is 10.1. The lowest BCUT2D eigenvalue weighted by atomic mass is 10.0. The second kappa shape index (κ2) is 7.65. The molecule has 3 nitrogen and oxygen atoms in total. The average Bonchev–Trinajstić information content (AvgIpc) is 2.46. The second-order valence-electron chi connectivity index (χ2n) is 6.20. The number of hydrogen-bond donors (Lipinski definition) is 2. The normalized spacial score (nSPS) is 18.2. The Morgan fingerprint density at radius 3 is 2.35 bits per heavy atom. The molecule has 0 spiro atoms. The zero-order chi connectivity index (χ0) is 14.4. The van der Waals surface area contributed by atoms with E-state index in [1.54, 1.807) is 0 Å². The third-order valence-electron chi connectivity index (χ3n) is 4.07.